The lowest BCUT2D eigenvalue weighted by molar-refractivity contribution is -0.134. The van der Waals surface area contributed by atoms with Crippen LogP contribution in [-0.2, 0) is 4.79 Å². The molecule has 0 aromatic heterocycles. The fraction of sp³-hybridized carbons (Fsp3) is 0.913. The maximum absolute atomic E-state index is 15.8. The average molecular weight is 391 g/mol. The highest BCUT2D eigenvalue weighted by Crippen LogP contribution is 2.65. The highest BCUT2D eigenvalue weighted by Gasteiger charge is 2.64. The molecule has 5 heteroatoms. The van der Waals surface area contributed by atoms with Crippen molar-refractivity contribution in [2.75, 3.05) is 13.1 Å². The number of likely N-dealkylation sites (tertiary alicyclic amines) is 1. The van der Waals surface area contributed by atoms with Crippen LogP contribution >= 0.6 is 0 Å². The number of hydrogen-bond donors (Lipinski definition) is 1. The summed E-state index contributed by atoms with van der Waals surface area (Å²) in [5, 5.41) is 13.6. The molecule has 0 amide bonds. The molecule has 4 saturated carbocycles. The van der Waals surface area contributed by atoms with Crippen LogP contribution in [0.3, 0.4) is 0 Å². The van der Waals surface area contributed by atoms with Gasteiger partial charge in [0.25, 0.3) is 0 Å². The SMILES string of the molecule is C[C@]12/C(=N\O)C(F)C(N3CCCC3)CC1CC[C@@H]1[C@H]2CC[C@]2(C)C(=O)CC[C@@H]12. The van der Waals surface area contributed by atoms with E-state index in [0.29, 0.717) is 41.6 Å². The molecule has 5 fully saturated rings. The zero-order valence-electron chi connectivity index (χ0n) is 17.4. The summed E-state index contributed by atoms with van der Waals surface area (Å²) < 4.78 is 15.8. The van der Waals surface area contributed by atoms with E-state index in [1.807, 2.05) is 0 Å². The monoisotopic (exact) mass is 390 g/mol. The molecule has 0 aromatic rings. The Bertz CT molecular complexity index is 690. The fourth-order valence-corrected chi connectivity index (χ4v) is 8.42. The van der Waals surface area contributed by atoms with E-state index in [2.05, 4.69) is 23.9 Å². The van der Waals surface area contributed by atoms with Gasteiger partial charge in [-0.25, -0.2) is 4.39 Å². The Balaban J connectivity index is 1.48. The van der Waals surface area contributed by atoms with E-state index in [-0.39, 0.29) is 16.9 Å². The summed E-state index contributed by atoms with van der Waals surface area (Å²) in [6.45, 7) is 6.32. The maximum Gasteiger partial charge on any atom is 0.157 e. The van der Waals surface area contributed by atoms with E-state index in [9.17, 15) is 10.0 Å². The third kappa shape index (κ3) is 2.37. The summed E-state index contributed by atoms with van der Waals surface area (Å²) in [5.41, 5.74) is -0.105. The van der Waals surface area contributed by atoms with Crippen LogP contribution in [0, 0.1) is 34.5 Å². The first-order valence-corrected chi connectivity index (χ1v) is 11.5. The Morgan fingerprint density at radius 2 is 1.86 bits per heavy atom. The highest BCUT2D eigenvalue weighted by molar-refractivity contribution is 5.95. The van der Waals surface area contributed by atoms with Gasteiger partial charge in [0, 0.05) is 23.3 Å². The first kappa shape index (κ1) is 19.0. The molecular formula is C23H35FN2O2. The minimum absolute atomic E-state index is 0.120. The minimum atomic E-state index is -1.17. The molecule has 28 heavy (non-hydrogen) atoms. The van der Waals surface area contributed by atoms with Crippen molar-refractivity contribution in [1.82, 2.24) is 4.90 Å². The molecule has 4 aliphatic carbocycles. The number of halogens is 1. The van der Waals surface area contributed by atoms with Crippen LogP contribution in [0.1, 0.15) is 71.6 Å². The van der Waals surface area contributed by atoms with Gasteiger partial charge in [-0.1, -0.05) is 19.0 Å². The van der Waals surface area contributed by atoms with E-state index in [1.54, 1.807) is 0 Å². The van der Waals surface area contributed by atoms with E-state index >= 15 is 4.39 Å². The van der Waals surface area contributed by atoms with Crippen molar-refractivity contribution in [2.45, 2.75) is 83.8 Å². The summed E-state index contributed by atoms with van der Waals surface area (Å²) in [6.07, 6.45) is 7.86. The van der Waals surface area contributed by atoms with Gasteiger partial charge >= 0.3 is 0 Å². The zero-order valence-corrected chi connectivity index (χ0v) is 17.4. The van der Waals surface area contributed by atoms with Crippen LogP contribution in [0.2, 0.25) is 0 Å². The van der Waals surface area contributed by atoms with Gasteiger partial charge in [-0.3, -0.25) is 9.69 Å². The molecule has 1 saturated heterocycles. The smallest absolute Gasteiger partial charge is 0.157 e. The van der Waals surface area contributed by atoms with Crippen LogP contribution in [-0.4, -0.2) is 46.9 Å². The summed E-state index contributed by atoms with van der Waals surface area (Å²) in [7, 11) is 0. The predicted octanol–water partition coefficient (Wildman–Crippen LogP) is 4.45. The lowest BCUT2D eigenvalue weighted by Crippen LogP contribution is -2.63. The second kappa shape index (κ2) is 6.52. The zero-order chi connectivity index (χ0) is 19.7. The number of alkyl halides is 1. The Morgan fingerprint density at radius 3 is 2.57 bits per heavy atom. The quantitative estimate of drug-likeness (QED) is 0.532. The lowest BCUT2D eigenvalue weighted by atomic mass is 9.44. The van der Waals surface area contributed by atoms with Crippen LogP contribution in [0.15, 0.2) is 5.16 Å². The molecule has 0 spiro atoms. The van der Waals surface area contributed by atoms with Crippen molar-refractivity contribution in [1.29, 1.82) is 0 Å². The average Bonchev–Trinajstić information content (AvgIpc) is 3.30. The number of carbonyl (C=O) groups is 1. The molecule has 0 aromatic carbocycles. The second-order valence-corrected chi connectivity index (χ2v) is 10.8. The van der Waals surface area contributed by atoms with Crippen molar-refractivity contribution >= 4 is 11.5 Å². The van der Waals surface area contributed by atoms with E-state index in [1.165, 1.54) is 0 Å². The van der Waals surface area contributed by atoms with Crippen molar-refractivity contribution in [3.63, 3.8) is 0 Å². The molecule has 8 atom stereocenters. The minimum Gasteiger partial charge on any atom is -0.411 e. The number of oxime groups is 1. The number of Topliss-reactive ketones (excluding diaryl/α,β-unsaturated/α-hetero) is 1. The third-order valence-electron chi connectivity index (χ3n) is 10.0. The number of ketones is 1. The number of nitrogens with zero attached hydrogens (tertiary/aromatic N) is 2. The van der Waals surface area contributed by atoms with Crippen LogP contribution in [0.25, 0.3) is 0 Å². The molecule has 0 radical (unpaired) electrons. The topological polar surface area (TPSA) is 52.9 Å². The van der Waals surface area contributed by atoms with Gasteiger partial charge in [-0.15, -0.1) is 0 Å². The molecule has 0 bridgehead atoms. The van der Waals surface area contributed by atoms with Gasteiger partial charge in [0.05, 0.1) is 5.71 Å². The highest BCUT2D eigenvalue weighted by atomic mass is 19.1. The fourth-order valence-electron chi connectivity index (χ4n) is 8.42. The van der Waals surface area contributed by atoms with Crippen LogP contribution < -0.4 is 0 Å². The molecule has 4 nitrogen and oxygen atoms in total. The number of carbonyl (C=O) groups excluding carboxylic acids is 1. The molecule has 3 unspecified atom stereocenters. The summed E-state index contributed by atoms with van der Waals surface area (Å²) in [4.78, 5) is 14.9. The third-order valence-corrected chi connectivity index (χ3v) is 10.0. The molecule has 1 heterocycles. The lowest BCUT2D eigenvalue weighted by Gasteiger charge is -2.61. The van der Waals surface area contributed by atoms with E-state index in [4.69, 9.17) is 0 Å². The van der Waals surface area contributed by atoms with Crippen molar-refractivity contribution in [2.24, 2.45) is 39.7 Å². The molecule has 156 valence electrons. The Kier molecular flexibility index (Phi) is 4.43. The Morgan fingerprint density at radius 1 is 1.11 bits per heavy atom. The van der Waals surface area contributed by atoms with Gasteiger partial charge in [0.1, 0.15) is 5.78 Å². The number of fused-ring (bicyclic) bond motifs is 5. The molecular weight excluding hydrogens is 355 g/mol. The molecule has 1 aliphatic heterocycles. The van der Waals surface area contributed by atoms with Crippen molar-refractivity contribution in [3.05, 3.63) is 0 Å². The van der Waals surface area contributed by atoms with Crippen LogP contribution in [0.4, 0.5) is 4.39 Å². The summed E-state index contributed by atoms with van der Waals surface area (Å²) in [6, 6.07) is -0.120. The van der Waals surface area contributed by atoms with Gasteiger partial charge < -0.3 is 5.21 Å². The molecule has 1 N–H and O–H groups in total. The molecule has 5 rings (SSSR count). The molecule has 5 aliphatic rings. The van der Waals surface area contributed by atoms with E-state index in [0.717, 1.165) is 64.5 Å². The first-order chi connectivity index (χ1) is 13.4. The van der Waals surface area contributed by atoms with E-state index < -0.39 is 6.17 Å². The van der Waals surface area contributed by atoms with Crippen molar-refractivity contribution < 1.29 is 14.4 Å². The number of hydrogen-bond acceptors (Lipinski definition) is 4. The van der Waals surface area contributed by atoms with Crippen LogP contribution in [0.5, 0.6) is 0 Å². The Labute approximate surface area is 167 Å². The Hall–Kier alpha value is -0.970. The normalized spacial score (nSPS) is 53.1. The van der Waals surface area contributed by atoms with Gasteiger partial charge in [0.15, 0.2) is 6.17 Å². The largest absolute Gasteiger partial charge is 0.411 e. The van der Waals surface area contributed by atoms with Gasteiger partial charge in [0.2, 0.25) is 0 Å². The maximum atomic E-state index is 15.8. The number of rotatable bonds is 1. The standard InChI is InChI=1S/C23H35FN2O2/c1-22-10-9-17-15(16(22)7-8-19(22)27)6-5-14-13-18(26-11-3-4-12-26)20(24)21(25-28)23(14,17)2/h14-18,20,28H,3-13H2,1-2H3/b25-21-/t14?,15-,16-,17+,18?,20?,22-,23-/m0/s1. The summed E-state index contributed by atoms with van der Waals surface area (Å²) >= 11 is 0. The first-order valence-electron chi connectivity index (χ1n) is 11.5. The van der Waals surface area contributed by atoms with Crippen molar-refractivity contribution in [3.8, 4) is 0 Å². The van der Waals surface area contributed by atoms with Gasteiger partial charge in [-0.2, -0.15) is 0 Å². The second-order valence-electron chi connectivity index (χ2n) is 10.8. The predicted molar refractivity (Wildman–Crippen MR) is 106 cm³/mol. The van der Waals surface area contributed by atoms with Gasteiger partial charge in [-0.05, 0) is 88.1 Å². The summed E-state index contributed by atoms with van der Waals surface area (Å²) in [5.74, 6) is 2.09.